The lowest BCUT2D eigenvalue weighted by atomic mass is 10.0. The van der Waals surface area contributed by atoms with E-state index in [1.165, 1.54) is 5.56 Å². The van der Waals surface area contributed by atoms with Crippen LogP contribution in [-0.2, 0) is 7.05 Å². The first-order valence-corrected chi connectivity index (χ1v) is 6.62. The number of hydrogen-bond donors (Lipinski definition) is 2. The van der Waals surface area contributed by atoms with Crippen LogP contribution in [0.4, 0.5) is 5.82 Å². The molecule has 2 aromatic rings. The Hall–Kier alpha value is -2.31. The molecule has 3 rings (SSSR count). The van der Waals surface area contributed by atoms with Crippen LogP contribution >= 0.6 is 0 Å². The van der Waals surface area contributed by atoms with E-state index in [4.69, 9.17) is 5.73 Å². The number of primary amides is 1. The molecule has 3 N–H and O–H groups in total. The van der Waals surface area contributed by atoms with Crippen molar-refractivity contribution in [1.82, 2.24) is 19.6 Å². The molecule has 7 nitrogen and oxygen atoms in total. The maximum atomic E-state index is 11.3. The number of nitrogens with zero attached hydrogens (tertiary/aromatic N) is 4. The second-order valence-corrected chi connectivity index (χ2v) is 5.16. The molecule has 0 saturated carbocycles. The van der Waals surface area contributed by atoms with E-state index in [-0.39, 0.29) is 6.04 Å². The predicted octanol–water partition coefficient (Wildman–Crippen LogP) is 0.737. The SMILES string of the molecule is Cc1nn(C)c(C)c1C1CCNc2cc(C(N)=O)nn21. The summed E-state index contributed by atoms with van der Waals surface area (Å²) in [6.45, 7) is 4.89. The summed E-state index contributed by atoms with van der Waals surface area (Å²) in [5.74, 6) is 0.324. The van der Waals surface area contributed by atoms with Crippen molar-refractivity contribution in [3.05, 3.63) is 28.7 Å². The van der Waals surface area contributed by atoms with Crippen LogP contribution in [0.5, 0.6) is 0 Å². The van der Waals surface area contributed by atoms with Crippen LogP contribution in [0.25, 0.3) is 0 Å². The number of fused-ring (bicyclic) bond motifs is 1. The van der Waals surface area contributed by atoms with E-state index in [1.807, 2.05) is 23.3 Å². The van der Waals surface area contributed by atoms with Crippen LogP contribution in [0.2, 0.25) is 0 Å². The molecule has 0 spiro atoms. The van der Waals surface area contributed by atoms with Gasteiger partial charge in [-0.25, -0.2) is 4.68 Å². The van der Waals surface area contributed by atoms with Crippen LogP contribution in [0.1, 0.15) is 39.9 Å². The van der Waals surface area contributed by atoms with Gasteiger partial charge in [0.15, 0.2) is 5.69 Å². The van der Waals surface area contributed by atoms with Gasteiger partial charge in [0.1, 0.15) is 5.82 Å². The summed E-state index contributed by atoms with van der Waals surface area (Å²) in [5.41, 5.74) is 8.90. The van der Waals surface area contributed by atoms with Gasteiger partial charge in [-0.1, -0.05) is 0 Å². The van der Waals surface area contributed by atoms with Gasteiger partial charge >= 0.3 is 0 Å². The minimum absolute atomic E-state index is 0.0908. The topological polar surface area (TPSA) is 90.8 Å². The fourth-order valence-corrected chi connectivity index (χ4v) is 2.88. The van der Waals surface area contributed by atoms with E-state index < -0.39 is 5.91 Å². The largest absolute Gasteiger partial charge is 0.370 e. The standard InChI is InChI=1S/C13H18N6O/c1-7-12(8(2)18(3)16-7)10-4-5-15-11-6-9(13(14)20)17-19(10)11/h6,10,15H,4-5H2,1-3H3,(H2,14,20). The van der Waals surface area contributed by atoms with Crippen LogP contribution in [-0.4, -0.2) is 32.0 Å². The molecular formula is C13H18N6O. The van der Waals surface area contributed by atoms with Crippen molar-refractivity contribution in [3.63, 3.8) is 0 Å². The van der Waals surface area contributed by atoms with E-state index in [9.17, 15) is 4.79 Å². The summed E-state index contributed by atoms with van der Waals surface area (Å²) in [6.07, 6.45) is 0.903. The monoisotopic (exact) mass is 274 g/mol. The normalized spacial score (nSPS) is 17.6. The number of amides is 1. The number of hydrogen-bond acceptors (Lipinski definition) is 4. The highest BCUT2D eigenvalue weighted by atomic mass is 16.1. The second-order valence-electron chi connectivity index (χ2n) is 5.16. The molecule has 3 heterocycles. The molecule has 1 aliphatic rings. The summed E-state index contributed by atoms with van der Waals surface area (Å²) in [6, 6.07) is 1.79. The fourth-order valence-electron chi connectivity index (χ4n) is 2.88. The lowest BCUT2D eigenvalue weighted by Gasteiger charge is -2.26. The van der Waals surface area contributed by atoms with Crippen molar-refractivity contribution in [2.24, 2.45) is 12.8 Å². The van der Waals surface area contributed by atoms with Gasteiger partial charge in [-0.15, -0.1) is 0 Å². The maximum absolute atomic E-state index is 11.3. The van der Waals surface area contributed by atoms with Gasteiger partial charge in [0.05, 0.1) is 11.7 Å². The minimum atomic E-state index is -0.507. The van der Waals surface area contributed by atoms with Gasteiger partial charge in [-0.2, -0.15) is 10.2 Å². The van der Waals surface area contributed by atoms with Crippen molar-refractivity contribution in [3.8, 4) is 0 Å². The van der Waals surface area contributed by atoms with E-state index in [0.717, 1.165) is 30.2 Å². The summed E-state index contributed by atoms with van der Waals surface area (Å²) < 4.78 is 3.73. The number of nitrogens with one attached hydrogen (secondary N) is 1. The summed E-state index contributed by atoms with van der Waals surface area (Å²) in [7, 11) is 1.94. The molecule has 20 heavy (non-hydrogen) atoms. The molecule has 0 aromatic carbocycles. The van der Waals surface area contributed by atoms with Gasteiger partial charge in [-0.3, -0.25) is 9.48 Å². The number of rotatable bonds is 2. The number of aryl methyl sites for hydroxylation is 2. The smallest absolute Gasteiger partial charge is 0.269 e. The second kappa shape index (κ2) is 4.36. The lowest BCUT2D eigenvalue weighted by Crippen LogP contribution is -2.25. The molecular weight excluding hydrogens is 256 g/mol. The molecule has 0 aliphatic carbocycles. The van der Waals surface area contributed by atoms with Gasteiger partial charge in [-0.05, 0) is 20.3 Å². The Morgan fingerprint density at radius 1 is 1.45 bits per heavy atom. The summed E-state index contributed by atoms with van der Waals surface area (Å²) in [4.78, 5) is 11.3. The first-order chi connectivity index (χ1) is 9.49. The number of carbonyl (C=O) groups is 1. The lowest BCUT2D eigenvalue weighted by molar-refractivity contribution is 0.0994. The minimum Gasteiger partial charge on any atom is -0.370 e. The zero-order valence-electron chi connectivity index (χ0n) is 11.8. The van der Waals surface area contributed by atoms with Crippen molar-refractivity contribution in [2.45, 2.75) is 26.3 Å². The zero-order valence-corrected chi connectivity index (χ0v) is 11.8. The average Bonchev–Trinajstić information content (AvgIpc) is 2.92. The molecule has 1 unspecified atom stereocenters. The van der Waals surface area contributed by atoms with E-state index in [2.05, 4.69) is 22.4 Å². The first-order valence-electron chi connectivity index (χ1n) is 6.62. The third kappa shape index (κ3) is 1.77. The van der Waals surface area contributed by atoms with Crippen LogP contribution in [0.15, 0.2) is 6.07 Å². The summed E-state index contributed by atoms with van der Waals surface area (Å²) in [5, 5.41) is 12.1. The molecule has 0 radical (unpaired) electrons. The average molecular weight is 274 g/mol. The van der Waals surface area contributed by atoms with Crippen molar-refractivity contribution < 1.29 is 4.79 Å². The molecule has 106 valence electrons. The molecule has 0 saturated heterocycles. The Bertz CT molecular complexity index is 683. The molecule has 1 atom stereocenters. The zero-order chi connectivity index (χ0) is 14.4. The third-order valence-corrected chi connectivity index (χ3v) is 3.91. The molecule has 0 bridgehead atoms. The Labute approximate surface area is 116 Å². The quantitative estimate of drug-likeness (QED) is 0.845. The first kappa shape index (κ1) is 12.7. The molecule has 0 fully saturated rings. The molecule has 7 heteroatoms. The Morgan fingerprint density at radius 2 is 2.20 bits per heavy atom. The predicted molar refractivity (Wildman–Crippen MR) is 74.7 cm³/mol. The molecule has 1 amide bonds. The number of nitrogens with two attached hydrogens (primary N) is 1. The fraction of sp³-hybridized carbons (Fsp3) is 0.462. The third-order valence-electron chi connectivity index (χ3n) is 3.91. The van der Waals surface area contributed by atoms with E-state index in [0.29, 0.717) is 5.69 Å². The highest BCUT2D eigenvalue weighted by Crippen LogP contribution is 2.33. The van der Waals surface area contributed by atoms with Crippen LogP contribution in [0, 0.1) is 13.8 Å². The number of aromatic nitrogens is 4. The van der Waals surface area contributed by atoms with Crippen LogP contribution in [0.3, 0.4) is 0 Å². The van der Waals surface area contributed by atoms with Crippen LogP contribution < -0.4 is 11.1 Å². The van der Waals surface area contributed by atoms with Crippen molar-refractivity contribution in [2.75, 3.05) is 11.9 Å². The summed E-state index contributed by atoms with van der Waals surface area (Å²) >= 11 is 0. The molecule has 2 aromatic heterocycles. The van der Waals surface area contributed by atoms with Crippen molar-refractivity contribution >= 4 is 11.7 Å². The number of anilines is 1. The van der Waals surface area contributed by atoms with Gasteiger partial charge in [0.2, 0.25) is 0 Å². The molecule has 1 aliphatic heterocycles. The highest BCUT2D eigenvalue weighted by Gasteiger charge is 2.28. The Kier molecular flexibility index (Phi) is 2.77. The van der Waals surface area contributed by atoms with Gasteiger partial charge in [0.25, 0.3) is 5.91 Å². The Balaban J connectivity index is 2.12. The van der Waals surface area contributed by atoms with E-state index >= 15 is 0 Å². The highest BCUT2D eigenvalue weighted by molar-refractivity contribution is 5.91. The Morgan fingerprint density at radius 3 is 2.80 bits per heavy atom. The van der Waals surface area contributed by atoms with E-state index in [1.54, 1.807) is 6.07 Å². The van der Waals surface area contributed by atoms with Gasteiger partial charge in [0, 0.05) is 30.9 Å². The maximum Gasteiger partial charge on any atom is 0.269 e. The van der Waals surface area contributed by atoms with Gasteiger partial charge < -0.3 is 11.1 Å². The number of carbonyl (C=O) groups excluding carboxylic acids is 1. The van der Waals surface area contributed by atoms with Crippen molar-refractivity contribution in [1.29, 1.82) is 0 Å².